The third-order valence-corrected chi connectivity index (χ3v) is 5.13. The number of nitrogens with one attached hydrogen (secondary N) is 1. The zero-order valence-electron chi connectivity index (χ0n) is 10.6. The highest BCUT2D eigenvalue weighted by Gasteiger charge is 2.34. The maximum atomic E-state index is 12.1. The first kappa shape index (κ1) is 12.2. The zero-order chi connectivity index (χ0) is 13.5. The predicted octanol–water partition coefficient (Wildman–Crippen LogP) is 1.84. The Labute approximate surface area is 112 Å². The Morgan fingerprint density at radius 1 is 1.42 bits per heavy atom. The molecule has 1 aromatic heterocycles. The Morgan fingerprint density at radius 2 is 2.21 bits per heavy atom. The van der Waals surface area contributed by atoms with Crippen molar-refractivity contribution < 1.29 is 8.42 Å². The lowest BCUT2D eigenvalue weighted by Gasteiger charge is -2.11. The van der Waals surface area contributed by atoms with Crippen molar-refractivity contribution in [3.8, 4) is 0 Å². The first-order chi connectivity index (χ1) is 9.10. The maximum Gasteiger partial charge on any atom is 0.181 e. The highest BCUT2D eigenvalue weighted by molar-refractivity contribution is 7.91. The molecule has 1 atom stereocenters. The summed E-state index contributed by atoms with van der Waals surface area (Å²) in [6, 6.07) is 6.96. The van der Waals surface area contributed by atoms with Crippen molar-refractivity contribution in [2.45, 2.75) is 24.4 Å². The normalized spacial score (nSPS) is 20.2. The van der Waals surface area contributed by atoms with Crippen LogP contribution in [0.15, 0.2) is 41.6 Å². The molecule has 19 heavy (non-hydrogen) atoms. The number of hydrogen-bond acceptors (Lipinski definition) is 4. The van der Waals surface area contributed by atoms with Gasteiger partial charge in [0.1, 0.15) is 0 Å². The summed E-state index contributed by atoms with van der Waals surface area (Å²) in [6.07, 6.45) is 3.60. The van der Waals surface area contributed by atoms with E-state index >= 15 is 0 Å². The number of rotatable bonds is 3. The number of aromatic nitrogens is 2. The quantitative estimate of drug-likeness (QED) is 0.930. The molecule has 6 heteroatoms. The van der Waals surface area contributed by atoms with Crippen LogP contribution >= 0.6 is 0 Å². The van der Waals surface area contributed by atoms with E-state index in [-0.39, 0.29) is 11.8 Å². The number of benzene rings is 1. The van der Waals surface area contributed by atoms with E-state index in [2.05, 4.69) is 10.4 Å². The van der Waals surface area contributed by atoms with Crippen LogP contribution in [0, 0.1) is 0 Å². The molecule has 1 N–H and O–H groups in total. The van der Waals surface area contributed by atoms with Crippen LogP contribution in [0.5, 0.6) is 0 Å². The second-order valence-corrected chi connectivity index (χ2v) is 6.60. The molecule has 0 aliphatic carbocycles. The second kappa shape index (κ2) is 4.38. The molecular formula is C13H15N3O2S. The fourth-order valence-corrected chi connectivity index (χ4v) is 4.12. The summed E-state index contributed by atoms with van der Waals surface area (Å²) >= 11 is 0. The molecule has 1 aliphatic heterocycles. The predicted molar refractivity (Wildman–Crippen MR) is 72.8 cm³/mol. The molecule has 0 saturated heterocycles. The van der Waals surface area contributed by atoms with Gasteiger partial charge in [-0.1, -0.05) is 18.2 Å². The van der Waals surface area contributed by atoms with Crippen LogP contribution in [0.25, 0.3) is 0 Å². The summed E-state index contributed by atoms with van der Waals surface area (Å²) in [5.74, 6) is 0.101. The summed E-state index contributed by atoms with van der Waals surface area (Å²) < 4.78 is 25.9. The minimum Gasteiger partial charge on any atom is -0.375 e. The molecule has 0 bridgehead atoms. The molecule has 0 fully saturated rings. The van der Waals surface area contributed by atoms with Crippen LogP contribution in [0.4, 0.5) is 5.69 Å². The van der Waals surface area contributed by atoms with Crippen LogP contribution in [0.3, 0.4) is 0 Å². The Morgan fingerprint density at radius 3 is 2.95 bits per heavy atom. The zero-order valence-corrected chi connectivity index (χ0v) is 11.4. The van der Waals surface area contributed by atoms with Crippen molar-refractivity contribution >= 4 is 15.5 Å². The van der Waals surface area contributed by atoms with Gasteiger partial charge in [-0.3, -0.25) is 4.68 Å². The molecule has 0 spiro atoms. The van der Waals surface area contributed by atoms with E-state index in [0.29, 0.717) is 4.90 Å². The summed E-state index contributed by atoms with van der Waals surface area (Å²) in [7, 11) is -3.16. The van der Waals surface area contributed by atoms with Crippen molar-refractivity contribution in [2.75, 3.05) is 11.1 Å². The third-order valence-electron chi connectivity index (χ3n) is 3.31. The number of anilines is 1. The Kier molecular flexibility index (Phi) is 2.82. The molecule has 1 aliphatic rings. The van der Waals surface area contributed by atoms with Gasteiger partial charge in [0.25, 0.3) is 0 Å². The largest absolute Gasteiger partial charge is 0.375 e. The molecule has 0 saturated carbocycles. The maximum absolute atomic E-state index is 12.1. The number of hydrogen-bond donors (Lipinski definition) is 1. The summed E-state index contributed by atoms with van der Waals surface area (Å²) in [4.78, 5) is 0.440. The minimum absolute atomic E-state index is 0.101. The topological polar surface area (TPSA) is 64.0 Å². The Balaban J connectivity index is 1.91. The monoisotopic (exact) mass is 277 g/mol. The van der Waals surface area contributed by atoms with Crippen molar-refractivity contribution in [3.63, 3.8) is 0 Å². The fraction of sp³-hybridized carbons (Fsp3) is 0.308. The van der Waals surface area contributed by atoms with E-state index in [4.69, 9.17) is 0 Å². The van der Waals surface area contributed by atoms with Gasteiger partial charge >= 0.3 is 0 Å². The van der Waals surface area contributed by atoms with Crippen LogP contribution in [-0.2, 0) is 16.4 Å². The van der Waals surface area contributed by atoms with Gasteiger partial charge in [-0.25, -0.2) is 8.42 Å². The van der Waals surface area contributed by atoms with Crippen molar-refractivity contribution in [2.24, 2.45) is 0 Å². The molecule has 2 heterocycles. The van der Waals surface area contributed by atoms with Crippen LogP contribution in [0.1, 0.15) is 18.5 Å². The van der Waals surface area contributed by atoms with E-state index < -0.39 is 9.84 Å². The SMILES string of the molecule is CCn1cc(NC2CS(=O)(=O)c3ccccc32)cn1. The average molecular weight is 277 g/mol. The number of sulfone groups is 1. The van der Waals surface area contributed by atoms with Gasteiger partial charge in [-0.15, -0.1) is 0 Å². The molecule has 3 rings (SSSR count). The van der Waals surface area contributed by atoms with E-state index in [1.807, 2.05) is 25.3 Å². The highest BCUT2D eigenvalue weighted by atomic mass is 32.2. The second-order valence-electron chi connectivity index (χ2n) is 4.60. The van der Waals surface area contributed by atoms with Gasteiger partial charge in [0.2, 0.25) is 0 Å². The Bertz CT molecular complexity index is 706. The molecule has 100 valence electrons. The molecule has 1 aromatic carbocycles. The van der Waals surface area contributed by atoms with Crippen LogP contribution in [-0.4, -0.2) is 24.0 Å². The number of nitrogens with zero attached hydrogens (tertiary/aromatic N) is 2. The summed E-state index contributed by atoms with van der Waals surface area (Å²) in [5, 5.41) is 7.42. The molecule has 0 radical (unpaired) electrons. The minimum atomic E-state index is -3.16. The smallest absolute Gasteiger partial charge is 0.181 e. The lowest BCUT2D eigenvalue weighted by Crippen LogP contribution is -2.12. The van der Waals surface area contributed by atoms with Crippen molar-refractivity contribution in [1.29, 1.82) is 0 Å². The molecule has 5 nitrogen and oxygen atoms in total. The van der Waals surface area contributed by atoms with E-state index in [1.165, 1.54) is 0 Å². The van der Waals surface area contributed by atoms with Gasteiger partial charge in [-0.05, 0) is 18.6 Å². The van der Waals surface area contributed by atoms with E-state index in [0.717, 1.165) is 17.8 Å². The lowest BCUT2D eigenvalue weighted by molar-refractivity contribution is 0.598. The molecular weight excluding hydrogens is 262 g/mol. The average Bonchev–Trinajstić information content (AvgIpc) is 2.94. The lowest BCUT2D eigenvalue weighted by atomic mass is 10.1. The standard InChI is InChI=1S/C13H15N3O2S/c1-2-16-8-10(7-14-16)15-12-9-19(17,18)13-6-4-3-5-11(12)13/h3-8,12,15H,2,9H2,1H3. The van der Waals surface area contributed by atoms with Crippen molar-refractivity contribution in [3.05, 3.63) is 42.2 Å². The van der Waals surface area contributed by atoms with Crippen LogP contribution < -0.4 is 5.32 Å². The first-order valence-corrected chi connectivity index (χ1v) is 7.86. The van der Waals surface area contributed by atoms with Gasteiger partial charge in [0.05, 0.1) is 28.6 Å². The van der Waals surface area contributed by atoms with Crippen molar-refractivity contribution in [1.82, 2.24) is 9.78 Å². The first-order valence-electron chi connectivity index (χ1n) is 6.21. The molecule has 2 aromatic rings. The van der Waals surface area contributed by atoms with Gasteiger partial charge in [0.15, 0.2) is 9.84 Å². The third kappa shape index (κ3) is 2.12. The summed E-state index contributed by atoms with van der Waals surface area (Å²) in [6.45, 7) is 2.80. The van der Waals surface area contributed by atoms with Gasteiger partial charge in [-0.2, -0.15) is 5.10 Å². The highest BCUT2D eigenvalue weighted by Crippen LogP contribution is 2.35. The molecule has 0 amide bonds. The molecule has 1 unspecified atom stereocenters. The van der Waals surface area contributed by atoms with E-state index in [9.17, 15) is 8.42 Å². The fourth-order valence-electron chi connectivity index (χ4n) is 2.38. The van der Waals surface area contributed by atoms with Crippen LogP contribution in [0.2, 0.25) is 0 Å². The number of aryl methyl sites for hydroxylation is 1. The van der Waals surface area contributed by atoms with E-state index in [1.54, 1.807) is 23.0 Å². The Hall–Kier alpha value is -1.82. The van der Waals surface area contributed by atoms with Gasteiger partial charge in [0, 0.05) is 12.7 Å². The van der Waals surface area contributed by atoms with Gasteiger partial charge < -0.3 is 5.32 Å². The summed E-state index contributed by atoms with van der Waals surface area (Å²) in [5.41, 5.74) is 1.69. The number of fused-ring (bicyclic) bond motifs is 1.